The van der Waals surface area contributed by atoms with E-state index in [1.807, 2.05) is 25.2 Å². The Kier molecular flexibility index (Phi) is 9.41. The molecule has 0 aliphatic carbocycles. The third-order valence-corrected chi connectivity index (χ3v) is 10.3. The highest BCUT2D eigenvalue weighted by atomic mass is 35.5. The molecule has 0 spiro atoms. The summed E-state index contributed by atoms with van der Waals surface area (Å²) in [6.07, 6.45) is 5.32. The normalized spacial score (nSPS) is 22.4. The van der Waals surface area contributed by atoms with Gasteiger partial charge in [-0.15, -0.1) is 0 Å². The standard InChI is InChI=1S/C37H38ClF3N7O2/c1-45(2)14-5-9-29(49)47-16-12-23(20-47)19-46(3)35-27-18-42-33(26-8-4-7-24-10-11-28(40)31(38)30(24)26)32(41)34(27)43-36(44-35)50-22-37-13-6-15-48(37)21-25(39)17-37/h4,7-8,10-11,18-19,23,25H,6,12-17,20-22H2,1-3H3/q+1/t23?,25-,37+/m1/s1. The first-order valence-corrected chi connectivity index (χ1v) is 17.2. The van der Waals surface area contributed by atoms with E-state index >= 15 is 4.39 Å². The lowest BCUT2D eigenvalue weighted by molar-refractivity contribution is -0.405. The summed E-state index contributed by atoms with van der Waals surface area (Å²) in [5.41, 5.74) is -0.222. The molecule has 2 aromatic carbocycles. The van der Waals surface area contributed by atoms with Gasteiger partial charge >= 0.3 is 11.8 Å². The lowest BCUT2D eigenvalue weighted by Gasteiger charge is -2.30. The molecule has 9 nitrogen and oxygen atoms in total. The molecule has 7 rings (SSSR count). The zero-order valence-electron chi connectivity index (χ0n) is 28.2. The van der Waals surface area contributed by atoms with Crippen molar-refractivity contribution < 1.29 is 27.3 Å². The van der Waals surface area contributed by atoms with Gasteiger partial charge in [0.1, 0.15) is 35.2 Å². The molecule has 0 radical (unpaired) electrons. The van der Waals surface area contributed by atoms with E-state index in [-0.39, 0.29) is 40.7 Å². The van der Waals surface area contributed by atoms with E-state index in [0.717, 1.165) is 25.8 Å². The number of fused-ring (bicyclic) bond motifs is 3. The van der Waals surface area contributed by atoms with Crippen LogP contribution in [0.4, 0.5) is 19.0 Å². The van der Waals surface area contributed by atoms with E-state index in [1.54, 1.807) is 40.8 Å². The van der Waals surface area contributed by atoms with Crippen LogP contribution in [0.1, 0.15) is 25.7 Å². The van der Waals surface area contributed by atoms with Crippen molar-refractivity contribution in [2.24, 2.45) is 5.92 Å². The number of carbonyl (C=O) groups excluding carboxylic acids is 1. The summed E-state index contributed by atoms with van der Waals surface area (Å²) in [5.74, 6) is 4.38. The lowest BCUT2D eigenvalue weighted by atomic mass is 9.95. The van der Waals surface area contributed by atoms with Crippen LogP contribution in [0.15, 0.2) is 36.5 Å². The monoisotopic (exact) mass is 704 g/mol. The molecule has 3 aliphatic heterocycles. The molecule has 3 saturated heterocycles. The van der Waals surface area contributed by atoms with Crippen LogP contribution in [-0.2, 0) is 4.79 Å². The maximum Gasteiger partial charge on any atom is 0.434 e. The van der Waals surface area contributed by atoms with Crippen molar-refractivity contribution in [3.8, 4) is 29.1 Å². The number of nitrogens with zero attached hydrogens (tertiary/aromatic N) is 7. The van der Waals surface area contributed by atoms with Crippen molar-refractivity contribution >= 4 is 51.2 Å². The molecule has 0 saturated carbocycles. The fraction of sp³-hybridized carbons (Fsp3) is 0.432. The number of ether oxygens (including phenoxy) is 1. The molecule has 3 atom stereocenters. The maximum absolute atomic E-state index is 16.7. The molecule has 5 heterocycles. The van der Waals surface area contributed by atoms with Gasteiger partial charge in [-0.2, -0.15) is 4.98 Å². The maximum atomic E-state index is 16.7. The summed E-state index contributed by atoms with van der Waals surface area (Å²) in [7, 11) is 5.58. The Balaban J connectivity index is 1.27. The lowest BCUT2D eigenvalue weighted by Crippen LogP contribution is -2.43. The summed E-state index contributed by atoms with van der Waals surface area (Å²) in [4.78, 5) is 32.2. The minimum absolute atomic E-state index is 0.00954. The first kappa shape index (κ1) is 34.2. The van der Waals surface area contributed by atoms with Gasteiger partial charge in [-0.3, -0.25) is 19.6 Å². The summed E-state index contributed by atoms with van der Waals surface area (Å²) < 4.78 is 53.9. The van der Waals surface area contributed by atoms with E-state index in [0.29, 0.717) is 60.1 Å². The van der Waals surface area contributed by atoms with E-state index in [1.165, 1.54) is 12.3 Å². The Morgan fingerprint density at radius 3 is 2.86 bits per heavy atom. The highest BCUT2D eigenvalue weighted by Crippen LogP contribution is 2.41. The van der Waals surface area contributed by atoms with Gasteiger partial charge in [0.05, 0.1) is 30.4 Å². The van der Waals surface area contributed by atoms with Crippen LogP contribution in [0.2, 0.25) is 5.02 Å². The first-order chi connectivity index (χ1) is 24.0. The number of hydrogen-bond donors (Lipinski definition) is 0. The Morgan fingerprint density at radius 1 is 1.20 bits per heavy atom. The quantitative estimate of drug-likeness (QED) is 0.143. The largest absolute Gasteiger partial charge is 0.443 e. The minimum atomic E-state index is -0.937. The van der Waals surface area contributed by atoms with Crippen molar-refractivity contribution in [3.63, 3.8) is 0 Å². The Morgan fingerprint density at radius 2 is 2.04 bits per heavy atom. The number of benzene rings is 2. The molecule has 4 aromatic rings. The number of carbonyl (C=O) groups is 1. The fourth-order valence-corrected chi connectivity index (χ4v) is 7.80. The van der Waals surface area contributed by atoms with Gasteiger partial charge in [0, 0.05) is 54.1 Å². The van der Waals surface area contributed by atoms with Crippen molar-refractivity contribution in [2.75, 3.05) is 60.5 Å². The Labute approximate surface area is 293 Å². The number of alkyl halides is 1. The van der Waals surface area contributed by atoms with E-state index in [4.69, 9.17) is 21.3 Å². The van der Waals surface area contributed by atoms with Gasteiger partial charge < -0.3 is 9.64 Å². The summed E-state index contributed by atoms with van der Waals surface area (Å²) in [5, 5.41) is 1.18. The van der Waals surface area contributed by atoms with Gasteiger partial charge in [-0.1, -0.05) is 41.8 Å². The van der Waals surface area contributed by atoms with Crippen LogP contribution in [0, 0.1) is 29.4 Å². The van der Waals surface area contributed by atoms with Crippen LogP contribution >= 0.6 is 11.6 Å². The number of amides is 1. The second kappa shape index (κ2) is 13.8. The van der Waals surface area contributed by atoms with Crippen LogP contribution in [0.25, 0.3) is 32.9 Å². The van der Waals surface area contributed by atoms with Crippen LogP contribution < -0.4 is 4.74 Å². The van der Waals surface area contributed by atoms with E-state index in [2.05, 4.69) is 26.7 Å². The van der Waals surface area contributed by atoms with Crippen molar-refractivity contribution in [1.82, 2.24) is 29.7 Å². The third kappa shape index (κ3) is 6.50. The smallest absolute Gasteiger partial charge is 0.434 e. The van der Waals surface area contributed by atoms with Crippen molar-refractivity contribution in [2.45, 2.75) is 37.4 Å². The molecule has 0 N–H and O–H groups in total. The van der Waals surface area contributed by atoms with Gasteiger partial charge in [0.25, 0.3) is 5.91 Å². The van der Waals surface area contributed by atoms with Crippen LogP contribution in [0.3, 0.4) is 0 Å². The number of halogens is 4. The van der Waals surface area contributed by atoms with Crippen LogP contribution in [0.5, 0.6) is 6.01 Å². The third-order valence-electron chi connectivity index (χ3n) is 9.94. The van der Waals surface area contributed by atoms with Crippen LogP contribution in [-0.4, -0.2) is 119 Å². The van der Waals surface area contributed by atoms with Crippen molar-refractivity contribution in [1.29, 1.82) is 0 Å². The highest BCUT2D eigenvalue weighted by Gasteiger charge is 2.49. The molecule has 13 heteroatoms. The average Bonchev–Trinajstić information content (AvgIpc) is 3.79. The van der Waals surface area contributed by atoms with E-state index < -0.39 is 23.3 Å². The van der Waals surface area contributed by atoms with E-state index in [9.17, 15) is 13.6 Å². The second-order valence-electron chi connectivity index (χ2n) is 13.7. The molecule has 2 aromatic heterocycles. The SMILES string of the molecule is CN(C)CC#CC(=O)N1CCC(C=[N+](C)c2nc(OC[C@@]34CCCN3C[C@H](F)C4)nc3c(F)c(-c4cccc5ccc(F)c(Cl)c45)ncc23)C1. The minimum Gasteiger partial charge on any atom is -0.443 e. The summed E-state index contributed by atoms with van der Waals surface area (Å²) in [6.45, 7) is 2.86. The molecule has 3 fully saturated rings. The average molecular weight is 705 g/mol. The topological polar surface area (TPSA) is 77.7 Å². The fourth-order valence-electron chi connectivity index (χ4n) is 7.53. The molecule has 1 unspecified atom stereocenters. The molecule has 3 aliphatic rings. The van der Waals surface area contributed by atoms with Crippen molar-refractivity contribution in [3.05, 3.63) is 53.2 Å². The first-order valence-electron chi connectivity index (χ1n) is 16.8. The highest BCUT2D eigenvalue weighted by molar-refractivity contribution is 6.36. The Bertz CT molecular complexity index is 2080. The zero-order chi connectivity index (χ0) is 35.2. The number of aromatic nitrogens is 3. The summed E-state index contributed by atoms with van der Waals surface area (Å²) in [6, 6.07) is 7.95. The molecule has 50 heavy (non-hydrogen) atoms. The van der Waals surface area contributed by atoms with Gasteiger partial charge in [-0.05, 0) is 57.3 Å². The second-order valence-corrected chi connectivity index (χ2v) is 14.1. The van der Waals surface area contributed by atoms with Gasteiger partial charge in [0.15, 0.2) is 5.82 Å². The summed E-state index contributed by atoms with van der Waals surface area (Å²) >= 11 is 6.40. The molecule has 0 bridgehead atoms. The predicted molar refractivity (Wildman–Crippen MR) is 187 cm³/mol. The predicted octanol–water partition coefficient (Wildman–Crippen LogP) is 5.49. The number of hydrogen-bond acceptors (Lipinski definition) is 7. The zero-order valence-corrected chi connectivity index (χ0v) is 29.0. The molecular formula is C37H38ClF3N7O2+. The van der Waals surface area contributed by atoms with Gasteiger partial charge in [0.2, 0.25) is 0 Å². The number of rotatable bonds is 7. The molecule has 1 amide bonds. The molecular weight excluding hydrogens is 667 g/mol. The molecule has 260 valence electrons. The number of pyridine rings is 1. The Hall–Kier alpha value is -4.31. The number of likely N-dealkylation sites (tertiary alicyclic amines) is 1. The van der Waals surface area contributed by atoms with Gasteiger partial charge in [-0.25, -0.2) is 17.7 Å².